The average Bonchev–Trinajstić information content (AvgIpc) is 3.16. The second-order valence-corrected chi connectivity index (χ2v) is 7.28. The first-order valence-electron chi connectivity index (χ1n) is 9.23. The predicted molar refractivity (Wildman–Crippen MR) is 111 cm³/mol. The number of carbonyl (C=O) groups is 2. The molecule has 2 aromatic carbocycles. The van der Waals surface area contributed by atoms with Gasteiger partial charge in [-0.1, -0.05) is 29.4 Å². The molecule has 1 heterocycles. The molecule has 0 bridgehead atoms. The van der Waals surface area contributed by atoms with E-state index in [2.05, 4.69) is 20.8 Å². The maximum atomic E-state index is 12.7. The molecule has 0 spiro atoms. The van der Waals surface area contributed by atoms with E-state index in [0.717, 1.165) is 10.5 Å². The third-order valence-electron chi connectivity index (χ3n) is 4.03. The molecule has 0 saturated carbocycles. The van der Waals surface area contributed by atoms with Crippen molar-refractivity contribution in [2.45, 2.75) is 31.0 Å². The number of aryl methyl sites for hydroxylation is 1. The first-order valence-corrected chi connectivity index (χ1v) is 10.2. The highest BCUT2D eigenvalue weighted by Gasteiger charge is 2.13. The van der Waals surface area contributed by atoms with E-state index in [1.165, 1.54) is 11.8 Å². The highest BCUT2D eigenvalue weighted by molar-refractivity contribution is 7.98. The number of aromatic nitrogens is 2. The number of nitrogens with zero attached hydrogens (tertiary/aromatic N) is 2. The van der Waals surface area contributed by atoms with Gasteiger partial charge in [0.15, 0.2) is 5.82 Å². The van der Waals surface area contributed by atoms with Crippen LogP contribution in [0.3, 0.4) is 0 Å². The molecule has 0 aliphatic heterocycles. The van der Waals surface area contributed by atoms with E-state index >= 15 is 0 Å². The number of carbonyl (C=O) groups excluding carboxylic acids is 2. The van der Waals surface area contributed by atoms with Crippen molar-refractivity contribution in [3.05, 3.63) is 76.9 Å². The summed E-state index contributed by atoms with van der Waals surface area (Å²) in [4.78, 5) is 29.7. The summed E-state index contributed by atoms with van der Waals surface area (Å²) in [5.74, 6) is 1.28. The molecule has 7 nitrogen and oxygen atoms in total. The topological polar surface area (TPSA) is 97.1 Å². The average molecular weight is 410 g/mol. The lowest BCUT2D eigenvalue weighted by Crippen LogP contribution is -2.25. The standard InChI is InChI=1S/C21H22N4O3S/c1-3-22-20(26)16-8-6-7-15(11-16)12-23-21(27)17-9-4-5-10-18(17)29-13-19-24-14(2)25-28-19/h4-11H,3,12-13H2,1-2H3,(H,22,26)(H,23,27). The summed E-state index contributed by atoms with van der Waals surface area (Å²) in [6, 6.07) is 14.6. The Morgan fingerprint density at radius 2 is 1.90 bits per heavy atom. The van der Waals surface area contributed by atoms with Crippen LogP contribution in [0.5, 0.6) is 0 Å². The Kier molecular flexibility index (Phi) is 7.02. The van der Waals surface area contributed by atoms with Gasteiger partial charge >= 0.3 is 0 Å². The van der Waals surface area contributed by atoms with Crippen LogP contribution in [0.15, 0.2) is 57.9 Å². The molecule has 0 aliphatic carbocycles. The minimum Gasteiger partial charge on any atom is -0.352 e. The Morgan fingerprint density at radius 1 is 1.07 bits per heavy atom. The van der Waals surface area contributed by atoms with Gasteiger partial charge in [-0.2, -0.15) is 4.98 Å². The second-order valence-electron chi connectivity index (χ2n) is 6.26. The molecule has 0 unspecified atom stereocenters. The van der Waals surface area contributed by atoms with Gasteiger partial charge in [-0.15, -0.1) is 11.8 Å². The van der Waals surface area contributed by atoms with E-state index in [9.17, 15) is 9.59 Å². The number of amides is 2. The van der Waals surface area contributed by atoms with Crippen molar-refractivity contribution in [3.8, 4) is 0 Å². The second kappa shape index (κ2) is 9.88. The zero-order valence-corrected chi connectivity index (χ0v) is 17.1. The van der Waals surface area contributed by atoms with Crippen LogP contribution in [0.1, 0.15) is 44.9 Å². The largest absolute Gasteiger partial charge is 0.352 e. The van der Waals surface area contributed by atoms with Crippen molar-refractivity contribution in [1.29, 1.82) is 0 Å². The molecule has 3 rings (SSSR count). The maximum Gasteiger partial charge on any atom is 0.252 e. The molecule has 150 valence electrons. The van der Waals surface area contributed by atoms with Gasteiger partial charge in [0.25, 0.3) is 11.8 Å². The molecule has 8 heteroatoms. The van der Waals surface area contributed by atoms with Crippen molar-refractivity contribution < 1.29 is 14.1 Å². The number of thioether (sulfide) groups is 1. The fraction of sp³-hybridized carbons (Fsp3) is 0.238. The van der Waals surface area contributed by atoms with Gasteiger partial charge in [-0.3, -0.25) is 9.59 Å². The number of benzene rings is 2. The molecule has 2 N–H and O–H groups in total. The molecule has 1 aromatic heterocycles. The zero-order chi connectivity index (χ0) is 20.6. The van der Waals surface area contributed by atoms with Gasteiger partial charge in [0.1, 0.15) is 0 Å². The van der Waals surface area contributed by atoms with Crippen molar-refractivity contribution in [2.24, 2.45) is 0 Å². The van der Waals surface area contributed by atoms with Crippen LogP contribution in [0, 0.1) is 6.92 Å². The molecule has 0 radical (unpaired) electrons. The van der Waals surface area contributed by atoms with Crippen LogP contribution >= 0.6 is 11.8 Å². The smallest absolute Gasteiger partial charge is 0.252 e. The number of nitrogens with one attached hydrogen (secondary N) is 2. The molecule has 0 saturated heterocycles. The van der Waals surface area contributed by atoms with Crippen molar-refractivity contribution in [3.63, 3.8) is 0 Å². The van der Waals surface area contributed by atoms with E-state index in [-0.39, 0.29) is 11.8 Å². The molecular weight excluding hydrogens is 388 g/mol. The molecule has 29 heavy (non-hydrogen) atoms. The van der Waals surface area contributed by atoms with Crippen LogP contribution in [-0.2, 0) is 12.3 Å². The predicted octanol–water partition coefficient (Wildman–Crippen LogP) is 3.35. The maximum absolute atomic E-state index is 12.7. The van der Waals surface area contributed by atoms with Crippen molar-refractivity contribution in [2.75, 3.05) is 6.54 Å². The molecule has 0 fully saturated rings. The Bertz CT molecular complexity index is 1000. The first-order chi connectivity index (χ1) is 14.1. The molecule has 2 amide bonds. The van der Waals surface area contributed by atoms with E-state index in [1.807, 2.05) is 37.3 Å². The van der Waals surface area contributed by atoms with Gasteiger partial charge < -0.3 is 15.2 Å². The van der Waals surface area contributed by atoms with E-state index in [0.29, 0.717) is 41.7 Å². The minimum atomic E-state index is -0.182. The van der Waals surface area contributed by atoms with E-state index in [1.54, 1.807) is 25.1 Å². The Balaban J connectivity index is 1.64. The van der Waals surface area contributed by atoms with Gasteiger partial charge in [0.2, 0.25) is 5.89 Å². The third kappa shape index (κ3) is 5.68. The molecule has 0 atom stereocenters. The van der Waals surface area contributed by atoms with Gasteiger partial charge in [-0.25, -0.2) is 0 Å². The summed E-state index contributed by atoms with van der Waals surface area (Å²) in [5.41, 5.74) is 2.01. The summed E-state index contributed by atoms with van der Waals surface area (Å²) in [7, 11) is 0. The molecule has 3 aromatic rings. The zero-order valence-electron chi connectivity index (χ0n) is 16.3. The quantitative estimate of drug-likeness (QED) is 0.553. The van der Waals surface area contributed by atoms with Gasteiger partial charge in [-0.05, 0) is 43.7 Å². The fourth-order valence-electron chi connectivity index (χ4n) is 2.68. The summed E-state index contributed by atoms with van der Waals surface area (Å²) in [5, 5.41) is 9.46. The Hall–Kier alpha value is -3.13. The van der Waals surface area contributed by atoms with Crippen LogP contribution in [0.4, 0.5) is 0 Å². The summed E-state index contributed by atoms with van der Waals surface area (Å²) < 4.78 is 5.12. The lowest BCUT2D eigenvalue weighted by Gasteiger charge is -2.10. The normalized spacial score (nSPS) is 10.6. The SMILES string of the molecule is CCNC(=O)c1cccc(CNC(=O)c2ccccc2SCc2nc(C)no2)c1. The minimum absolute atomic E-state index is 0.126. The molecule has 0 aliphatic rings. The fourth-order valence-corrected chi connectivity index (χ4v) is 3.57. The highest BCUT2D eigenvalue weighted by atomic mass is 32.2. The third-order valence-corrected chi connectivity index (χ3v) is 5.09. The van der Waals surface area contributed by atoms with Gasteiger partial charge in [0.05, 0.1) is 11.3 Å². The summed E-state index contributed by atoms with van der Waals surface area (Å²) in [6.45, 7) is 4.53. The van der Waals surface area contributed by atoms with E-state index in [4.69, 9.17) is 4.52 Å². The number of rotatable bonds is 8. The van der Waals surface area contributed by atoms with Crippen molar-refractivity contribution in [1.82, 2.24) is 20.8 Å². The Labute approximate surface area is 173 Å². The van der Waals surface area contributed by atoms with Crippen LogP contribution in [-0.4, -0.2) is 28.5 Å². The number of hydrogen-bond donors (Lipinski definition) is 2. The number of hydrogen-bond acceptors (Lipinski definition) is 6. The monoisotopic (exact) mass is 410 g/mol. The summed E-state index contributed by atoms with van der Waals surface area (Å²) >= 11 is 1.47. The Morgan fingerprint density at radius 3 is 2.66 bits per heavy atom. The summed E-state index contributed by atoms with van der Waals surface area (Å²) in [6.07, 6.45) is 0. The van der Waals surface area contributed by atoms with Crippen molar-refractivity contribution >= 4 is 23.6 Å². The van der Waals surface area contributed by atoms with Crippen LogP contribution in [0.2, 0.25) is 0 Å². The van der Waals surface area contributed by atoms with E-state index < -0.39 is 0 Å². The van der Waals surface area contributed by atoms with Crippen LogP contribution in [0.25, 0.3) is 0 Å². The lowest BCUT2D eigenvalue weighted by atomic mass is 10.1. The van der Waals surface area contributed by atoms with Crippen LogP contribution < -0.4 is 10.6 Å². The lowest BCUT2D eigenvalue weighted by molar-refractivity contribution is 0.0945. The van der Waals surface area contributed by atoms with Gasteiger partial charge in [0, 0.05) is 23.5 Å². The molecular formula is C21H22N4O3S. The first kappa shape index (κ1) is 20.6. The highest BCUT2D eigenvalue weighted by Crippen LogP contribution is 2.25.